The van der Waals surface area contributed by atoms with Crippen molar-refractivity contribution in [3.05, 3.63) is 15.9 Å². The van der Waals surface area contributed by atoms with Gasteiger partial charge in [0, 0.05) is 12.8 Å². The summed E-state index contributed by atoms with van der Waals surface area (Å²) in [5.41, 5.74) is -0.705. The highest BCUT2D eigenvalue weighted by Gasteiger charge is 2.45. The predicted octanol–water partition coefficient (Wildman–Crippen LogP) is -2.18. The minimum atomic E-state index is -1.67. The van der Waals surface area contributed by atoms with Gasteiger partial charge in [0.05, 0.1) is 6.61 Å². The van der Waals surface area contributed by atoms with Gasteiger partial charge in [-0.3, -0.25) is 4.79 Å². The Bertz CT molecular complexity index is 678. The minimum absolute atomic E-state index is 0.0173. The van der Waals surface area contributed by atoms with Crippen LogP contribution in [0, 0.1) is 5.41 Å². The maximum absolute atomic E-state index is 12.8. The van der Waals surface area contributed by atoms with E-state index in [0.29, 0.717) is 17.5 Å². The zero-order chi connectivity index (χ0) is 18.7. The Kier molecular flexibility index (Phi) is 6.19. The quantitative estimate of drug-likeness (QED) is 0.309. The SMILES string of the molecule is CCCC(=N)c1c(NC)nnn(C2OC(CO)C(O)C(O)C2O)c1=O. The molecule has 11 heteroatoms. The van der Waals surface area contributed by atoms with Gasteiger partial charge in [-0.2, -0.15) is 4.68 Å². The predicted molar refractivity (Wildman–Crippen MR) is 86.6 cm³/mol. The lowest BCUT2D eigenvalue weighted by Crippen LogP contribution is -2.58. The number of rotatable bonds is 6. The van der Waals surface area contributed by atoms with Gasteiger partial charge in [0.25, 0.3) is 5.56 Å². The van der Waals surface area contributed by atoms with E-state index in [-0.39, 0.29) is 17.1 Å². The van der Waals surface area contributed by atoms with Gasteiger partial charge in [0.2, 0.25) is 0 Å². The Hall–Kier alpha value is -1.92. The lowest BCUT2D eigenvalue weighted by Gasteiger charge is -2.39. The third kappa shape index (κ3) is 3.55. The van der Waals surface area contributed by atoms with Crippen LogP contribution in [0.2, 0.25) is 0 Å². The van der Waals surface area contributed by atoms with Crippen molar-refractivity contribution in [3.8, 4) is 0 Å². The average Bonchev–Trinajstić information content (AvgIpc) is 2.60. The van der Waals surface area contributed by atoms with Crippen LogP contribution in [0.25, 0.3) is 0 Å². The highest BCUT2D eigenvalue weighted by Crippen LogP contribution is 2.27. The zero-order valence-corrected chi connectivity index (χ0v) is 14.0. The molecule has 1 fully saturated rings. The summed E-state index contributed by atoms with van der Waals surface area (Å²) >= 11 is 0. The van der Waals surface area contributed by atoms with E-state index in [0.717, 1.165) is 0 Å². The number of hydrogen-bond donors (Lipinski definition) is 6. The van der Waals surface area contributed by atoms with Crippen LogP contribution < -0.4 is 10.9 Å². The number of ether oxygens (including phenoxy) is 1. The second-order valence-corrected chi connectivity index (χ2v) is 5.76. The van der Waals surface area contributed by atoms with Crippen LogP contribution in [0.5, 0.6) is 0 Å². The maximum atomic E-state index is 12.8. The van der Waals surface area contributed by atoms with E-state index < -0.39 is 42.8 Å². The van der Waals surface area contributed by atoms with E-state index >= 15 is 0 Å². The molecule has 0 bridgehead atoms. The van der Waals surface area contributed by atoms with Gasteiger partial charge in [-0.15, -0.1) is 5.10 Å². The molecule has 0 spiro atoms. The van der Waals surface area contributed by atoms with Gasteiger partial charge >= 0.3 is 0 Å². The fourth-order valence-corrected chi connectivity index (χ4v) is 2.67. The molecular formula is C14H23N5O6. The summed E-state index contributed by atoms with van der Waals surface area (Å²) in [5.74, 6) is 0.115. The van der Waals surface area contributed by atoms with E-state index in [1.165, 1.54) is 7.05 Å². The minimum Gasteiger partial charge on any atom is -0.394 e. The smallest absolute Gasteiger partial charge is 0.283 e. The third-order valence-corrected chi connectivity index (χ3v) is 4.05. The van der Waals surface area contributed by atoms with Gasteiger partial charge < -0.3 is 35.9 Å². The molecule has 1 aromatic heterocycles. The van der Waals surface area contributed by atoms with E-state index in [2.05, 4.69) is 15.6 Å². The number of nitrogens with zero attached hydrogens (tertiary/aromatic N) is 3. The Morgan fingerprint density at radius 2 is 2.00 bits per heavy atom. The van der Waals surface area contributed by atoms with Crippen LogP contribution in [0.4, 0.5) is 5.82 Å². The molecule has 1 saturated heterocycles. The molecule has 1 aromatic rings. The van der Waals surface area contributed by atoms with E-state index in [1.807, 2.05) is 6.92 Å². The number of nitrogens with one attached hydrogen (secondary N) is 2. The van der Waals surface area contributed by atoms with Crippen LogP contribution in [0.1, 0.15) is 31.6 Å². The molecule has 5 unspecified atom stereocenters. The van der Waals surface area contributed by atoms with Gasteiger partial charge in [-0.1, -0.05) is 18.6 Å². The molecule has 11 nitrogen and oxygen atoms in total. The summed E-state index contributed by atoms with van der Waals surface area (Å²) < 4.78 is 6.04. The highest BCUT2D eigenvalue weighted by atomic mass is 16.6. The molecule has 2 rings (SSSR count). The van der Waals surface area contributed by atoms with Crippen LogP contribution in [-0.4, -0.2) is 79.2 Å². The van der Waals surface area contributed by atoms with Crippen LogP contribution in [0.3, 0.4) is 0 Å². The largest absolute Gasteiger partial charge is 0.394 e. The molecule has 0 amide bonds. The zero-order valence-electron chi connectivity index (χ0n) is 14.0. The van der Waals surface area contributed by atoms with Gasteiger partial charge in [-0.05, 0) is 6.42 Å². The van der Waals surface area contributed by atoms with Crippen molar-refractivity contribution in [1.29, 1.82) is 5.41 Å². The normalized spacial score (nSPS) is 29.4. The Labute approximate surface area is 143 Å². The summed E-state index contributed by atoms with van der Waals surface area (Å²) in [7, 11) is 1.53. The summed E-state index contributed by atoms with van der Waals surface area (Å²) in [6.45, 7) is 1.23. The lowest BCUT2D eigenvalue weighted by atomic mass is 9.98. The fraction of sp³-hybridized carbons (Fsp3) is 0.714. The standard InChI is InChI=1S/C14H23N5O6/c1-3-4-6(15)8-12(16-2)17-18-19(13(8)24)14-11(23)10(22)9(21)7(5-20)25-14/h7,9-11,14-16,20-23H,3-5H2,1-2H3. The number of hydrogen-bond acceptors (Lipinski definition) is 10. The molecule has 1 aliphatic rings. The molecule has 0 radical (unpaired) electrons. The van der Waals surface area contributed by atoms with Crippen molar-refractivity contribution >= 4 is 11.5 Å². The highest BCUT2D eigenvalue weighted by molar-refractivity contribution is 6.01. The summed E-state index contributed by atoms with van der Waals surface area (Å²) in [6, 6.07) is 0. The van der Waals surface area contributed by atoms with Crippen molar-refractivity contribution in [2.75, 3.05) is 19.0 Å². The van der Waals surface area contributed by atoms with Crippen LogP contribution in [-0.2, 0) is 4.74 Å². The Morgan fingerprint density at radius 3 is 2.56 bits per heavy atom. The third-order valence-electron chi connectivity index (χ3n) is 4.05. The molecule has 140 valence electrons. The first kappa shape index (κ1) is 19.4. The molecule has 2 heterocycles. The maximum Gasteiger partial charge on any atom is 0.283 e. The lowest BCUT2D eigenvalue weighted by molar-refractivity contribution is -0.255. The first-order chi connectivity index (χ1) is 11.9. The fourth-order valence-electron chi connectivity index (χ4n) is 2.67. The Morgan fingerprint density at radius 1 is 1.32 bits per heavy atom. The molecule has 1 aliphatic heterocycles. The van der Waals surface area contributed by atoms with Crippen molar-refractivity contribution in [3.63, 3.8) is 0 Å². The monoisotopic (exact) mass is 357 g/mol. The Balaban J connectivity index is 2.50. The van der Waals surface area contributed by atoms with Gasteiger partial charge in [-0.25, -0.2) is 0 Å². The first-order valence-electron chi connectivity index (χ1n) is 7.92. The number of anilines is 1. The molecule has 25 heavy (non-hydrogen) atoms. The molecule has 6 N–H and O–H groups in total. The van der Waals surface area contributed by atoms with Crippen LogP contribution >= 0.6 is 0 Å². The van der Waals surface area contributed by atoms with E-state index in [4.69, 9.17) is 10.1 Å². The molecule has 0 saturated carbocycles. The molecule has 0 aliphatic carbocycles. The summed E-state index contributed by atoms with van der Waals surface area (Å²) in [6.07, 6.45) is -6.53. The van der Waals surface area contributed by atoms with Gasteiger partial charge in [0.1, 0.15) is 30.0 Å². The van der Waals surface area contributed by atoms with Crippen molar-refractivity contribution in [1.82, 2.24) is 15.0 Å². The molecular weight excluding hydrogens is 334 g/mol. The van der Waals surface area contributed by atoms with Crippen molar-refractivity contribution in [2.24, 2.45) is 0 Å². The second kappa shape index (κ2) is 7.97. The van der Waals surface area contributed by atoms with E-state index in [9.17, 15) is 25.2 Å². The first-order valence-corrected chi connectivity index (χ1v) is 7.92. The number of aromatic nitrogens is 3. The van der Waals surface area contributed by atoms with Gasteiger partial charge in [0.15, 0.2) is 12.0 Å². The molecule has 0 aromatic carbocycles. The average molecular weight is 357 g/mol. The second-order valence-electron chi connectivity index (χ2n) is 5.76. The summed E-state index contributed by atoms with van der Waals surface area (Å²) in [5, 5.41) is 57.4. The molecule has 5 atom stereocenters. The van der Waals surface area contributed by atoms with Crippen molar-refractivity contribution in [2.45, 2.75) is 50.4 Å². The van der Waals surface area contributed by atoms with Crippen molar-refractivity contribution < 1.29 is 25.2 Å². The van der Waals surface area contributed by atoms with E-state index in [1.54, 1.807) is 0 Å². The van der Waals surface area contributed by atoms with Crippen LogP contribution in [0.15, 0.2) is 4.79 Å². The number of aliphatic hydroxyl groups is 4. The number of aliphatic hydroxyl groups excluding tert-OH is 4. The topological polar surface area (TPSA) is 174 Å². The summed E-state index contributed by atoms with van der Waals surface area (Å²) in [4.78, 5) is 12.8.